The molecule has 0 bridgehead atoms. The average Bonchev–Trinajstić information content (AvgIpc) is 2.81. The van der Waals surface area contributed by atoms with Gasteiger partial charge in [-0.3, -0.25) is 4.99 Å². The molecule has 0 saturated carbocycles. The fourth-order valence-electron chi connectivity index (χ4n) is 2.56. The van der Waals surface area contributed by atoms with Crippen molar-refractivity contribution < 1.29 is 0 Å². The zero-order chi connectivity index (χ0) is 13.0. The van der Waals surface area contributed by atoms with Crippen molar-refractivity contribution in [3.63, 3.8) is 0 Å². The predicted molar refractivity (Wildman–Crippen MR) is 81.4 cm³/mol. The van der Waals surface area contributed by atoms with Crippen molar-refractivity contribution >= 4 is 16.9 Å². The zero-order valence-corrected chi connectivity index (χ0v) is 12.8. The van der Waals surface area contributed by atoms with E-state index in [1.54, 1.807) is 0 Å². The summed E-state index contributed by atoms with van der Waals surface area (Å²) >= 11 is 1.90. The van der Waals surface area contributed by atoms with E-state index in [0.29, 0.717) is 12.0 Å². The van der Waals surface area contributed by atoms with Crippen LogP contribution in [0.4, 0.5) is 0 Å². The summed E-state index contributed by atoms with van der Waals surface area (Å²) < 4.78 is 0. The van der Waals surface area contributed by atoms with Gasteiger partial charge in [-0.05, 0) is 51.2 Å². The quantitative estimate of drug-likeness (QED) is 0.849. The zero-order valence-electron chi connectivity index (χ0n) is 12.0. The van der Waals surface area contributed by atoms with Crippen LogP contribution in [0.25, 0.3) is 0 Å². The van der Waals surface area contributed by atoms with Crippen LogP contribution in [-0.2, 0) is 0 Å². The Morgan fingerprint density at radius 2 is 2.11 bits per heavy atom. The molecule has 18 heavy (non-hydrogen) atoms. The lowest BCUT2D eigenvalue weighted by atomic mass is 9.94. The van der Waals surface area contributed by atoms with Crippen LogP contribution in [0.5, 0.6) is 0 Å². The van der Waals surface area contributed by atoms with Gasteiger partial charge in [0.05, 0.1) is 0 Å². The monoisotopic (exact) mass is 269 g/mol. The van der Waals surface area contributed by atoms with Gasteiger partial charge in [0.2, 0.25) is 0 Å². The van der Waals surface area contributed by atoms with Crippen LogP contribution in [0.2, 0.25) is 0 Å². The second-order valence-electron chi connectivity index (χ2n) is 6.03. The highest BCUT2D eigenvalue weighted by Crippen LogP contribution is 2.21. The van der Waals surface area contributed by atoms with Crippen LogP contribution in [0.15, 0.2) is 4.99 Å². The van der Waals surface area contributed by atoms with E-state index < -0.39 is 0 Å². The fraction of sp³-hybridized carbons (Fsp3) is 0.929. The third-order valence-corrected chi connectivity index (χ3v) is 5.19. The maximum absolute atomic E-state index is 4.72. The number of amidine groups is 1. The first-order valence-corrected chi connectivity index (χ1v) is 8.26. The highest BCUT2D eigenvalue weighted by Gasteiger charge is 2.22. The molecule has 2 heterocycles. The number of rotatable bonds is 4. The SMILES string of the molecule is CC(C)[C@H]1CSC(=NCCC2CCN(C)CC2)N1. The van der Waals surface area contributed by atoms with E-state index in [0.717, 1.165) is 12.5 Å². The van der Waals surface area contributed by atoms with Crippen molar-refractivity contribution in [2.75, 3.05) is 32.4 Å². The Morgan fingerprint density at radius 1 is 1.39 bits per heavy atom. The molecule has 0 aromatic heterocycles. The van der Waals surface area contributed by atoms with E-state index in [9.17, 15) is 0 Å². The maximum Gasteiger partial charge on any atom is 0.156 e. The smallest absolute Gasteiger partial charge is 0.156 e. The first kappa shape index (κ1) is 14.2. The average molecular weight is 269 g/mol. The molecule has 2 fully saturated rings. The number of nitrogens with zero attached hydrogens (tertiary/aromatic N) is 2. The predicted octanol–water partition coefficient (Wildman–Crippen LogP) is 2.44. The summed E-state index contributed by atoms with van der Waals surface area (Å²) in [4.78, 5) is 7.16. The number of hydrogen-bond acceptors (Lipinski definition) is 3. The van der Waals surface area contributed by atoms with Gasteiger partial charge in [0, 0.05) is 18.3 Å². The number of nitrogens with one attached hydrogen (secondary N) is 1. The molecule has 0 amide bonds. The molecule has 1 atom stereocenters. The van der Waals surface area contributed by atoms with E-state index in [4.69, 9.17) is 4.99 Å². The Bertz CT molecular complexity index is 283. The second-order valence-corrected chi connectivity index (χ2v) is 7.04. The van der Waals surface area contributed by atoms with E-state index in [2.05, 4.69) is 31.1 Å². The van der Waals surface area contributed by atoms with Crippen LogP contribution in [0, 0.1) is 11.8 Å². The van der Waals surface area contributed by atoms with Gasteiger partial charge in [0.1, 0.15) is 0 Å². The molecule has 3 nitrogen and oxygen atoms in total. The molecule has 104 valence electrons. The van der Waals surface area contributed by atoms with Crippen LogP contribution in [0.1, 0.15) is 33.1 Å². The van der Waals surface area contributed by atoms with Crippen molar-refractivity contribution in [3.05, 3.63) is 0 Å². The van der Waals surface area contributed by atoms with Gasteiger partial charge in [-0.25, -0.2) is 0 Å². The molecular formula is C14H27N3S. The maximum atomic E-state index is 4.72. The van der Waals surface area contributed by atoms with Crippen molar-refractivity contribution in [3.8, 4) is 0 Å². The van der Waals surface area contributed by atoms with Gasteiger partial charge in [-0.15, -0.1) is 0 Å². The lowest BCUT2D eigenvalue weighted by Gasteiger charge is -2.28. The van der Waals surface area contributed by atoms with E-state index in [-0.39, 0.29) is 0 Å². The standard InChI is InChI=1S/C14H27N3S/c1-11(2)13-10-18-14(16-13)15-7-4-12-5-8-17(3)9-6-12/h11-13H,4-10H2,1-3H3,(H,15,16)/t13-/m1/s1. The summed E-state index contributed by atoms with van der Waals surface area (Å²) in [6, 6.07) is 0.622. The van der Waals surface area contributed by atoms with Crippen molar-refractivity contribution in [1.29, 1.82) is 0 Å². The molecule has 0 radical (unpaired) electrons. The fourth-order valence-corrected chi connectivity index (χ4v) is 3.78. The first-order chi connectivity index (χ1) is 8.65. The molecule has 0 spiro atoms. The Kier molecular flexibility index (Phi) is 5.37. The van der Waals surface area contributed by atoms with Gasteiger partial charge < -0.3 is 10.2 Å². The topological polar surface area (TPSA) is 27.6 Å². The lowest BCUT2D eigenvalue weighted by Crippen LogP contribution is -2.32. The summed E-state index contributed by atoms with van der Waals surface area (Å²) in [7, 11) is 2.22. The molecule has 2 aliphatic rings. The highest BCUT2D eigenvalue weighted by atomic mass is 32.2. The van der Waals surface area contributed by atoms with Gasteiger partial charge in [-0.2, -0.15) is 0 Å². The summed E-state index contributed by atoms with van der Waals surface area (Å²) in [5, 5.41) is 4.72. The van der Waals surface area contributed by atoms with E-state index in [1.807, 2.05) is 11.8 Å². The first-order valence-electron chi connectivity index (χ1n) is 7.27. The molecular weight excluding hydrogens is 242 g/mol. The summed E-state index contributed by atoms with van der Waals surface area (Å²) in [6.45, 7) is 8.10. The molecule has 4 heteroatoms. The Labute approximate surface area is 116 Å². The summed E-state index contributed by atoms with van der Waals surface area (Å²) in [5.41, 5.74) is 0. The number of piperidine rings is 1. The minimum Gasteiger partial charge on any atom is -0.361 e. The van der Waals surface area contributed by atoms with Crippen molar-refractivity contribution in [2.45, 2.75) is 39.2 Å². The normalized spacial score (nSPS) is 29.1. The summed E-state index contributed by atoms with van der Waals surface area (Å²) in [6.07, 6.45) is 3.99. The molecule has 0 aromatic rings. The second kappa shape index (κ2) is 6.80. The minimum absolute atomic E-state index is 0.622. The minimum atomic E-state index is 0.622. The molecule has 2 rings (SSSR count). The van der Waals surface area contributed by atoms with Crippen LogP contribution >= 0.6 is 11.8 Å². The van der Waals surface area contributed by atoms with Gasteiger partial charge >= 0.3 is 0 Å². The third-order valence-electron chi connectivity index (χ3n) is 4.14. The number of likely N-dealkylation sites (tertiary alicyclic amines) is 1. The molecule has 0 aromatic carbocycles. The van der Waals surface area contributed by atoms with E-state index in [1.165, 1.54) is 43.3 Å². The Morgan fingerprint density at radius 3 is 2.72 bits per heavy atom. The molecule has 0 aliphatic carbocycles. The van der Waals surface area contributed by atoms with Crippen molar-refractivity contribution in [1.82, 2.24) is 10.2 Å². The summed E-state index contributed by atoms with van der Waals surface area (Å²) in [5.74, 6) is 2.79. The van der Waals surface area contributed by atoms with Gasteiger partial charge in [-0.1, -0.05) is 25.6 Å². The molecule has 2 aliphatic heterocycles. The van der Waals surface area contributed by atoms with Crippen molar-refractivity contribution in [2.24, 2.45) is 16.8 Å². The Balaban J connectivity index is 1.66. The van der Waals surface area contributed by atoms with Gasteiger partial charge in [0.15, 0.2) is 5.17 Å². The Hall–Kier alpha value is -0.220. The largest absolute Gasteiger partial charge is 0.361 e. The van der Waals surface area contributed by atoms with E-state index >= 15 is 0 Å². The molecule has 1 N–H and O–H groups in total. The van der Waals surface area contributed by atoms with Crippen LogP contribution in [0.3, 0.4) is 0 Å². The number of aliphatic imine (C=N–C) groups is 1. The number of hydrogen-bond donors (Lipinski definition) is 1. The lowest BCUT2D eigenvalue weighted by molar-refractivity contribution is 0.214. The highest BCUT2D eigenvalue weighted by molar-refractivity contribution is 8.14. The molecule has 2 saturated heterocycles. The molecule has 0 unspecified atom stereocenters. The number of thioether (sulfide) groups is 1. The van der Waals surface area contributed by atoms with Crippen LogP contribution < -0.4 is 5.32 Å². The van der Waals surface area contributed by atoms with Crippen LogP contribution in [-0.4, -0.2) is 48.5 Å². The van der Waals surface area contributed by atoms with Gasteiger partial charge in [0.25, 0.3) is 0 Å². The third kappa shape index (κ3) is 4.16.